The van der Waals surface area contributed by atoms with Crippen LogP contribution in [0.15, 0.2) is 6.20 Å². The predicted octanol–water partition coefficient (Wildman–Crippen LogP) is 2.97. The summed E-state index contributed by atoms with van der Waals surface area (Å²) in [6.07, 6.45) is 1.99. The van der Waals surface area contributed by atoms with Crippen LogP contribution in [0.1, 0.15) is 33.4 Å². The predicted molar refractivity (Wildman–Crippen MR) is 75.4 cm³/mol. The van der Waals surface area contributed by atoms with E-state index in [1.54, 1.807) is 11.3 Å². The van der Waals surface area contributed by atoms with E-state index >= 15 is 0 Å². The topological polar surface area (TPSA) is 33.4 Å². The largest absolute Gasteiger partial charge is 0.342 e. The van der Waals surface area contributed by atoms with E-state index < -0.39 is 0 Å². The van der Waals surface area contributed by atoms with Gasteiger partial charge in [0.15, 0.2) is 0 Å². The van der Waals surface area contributed by atoms with Crippen LogP contribution in [0.5, 0.6) is 0 Å². The van der Waals surface area contributed by atoms with Gasteiger partial charge in [-0.3, -0.25) is 0 Å². The third-order valence-corrected chi connectivity index (χ3v) is 4.70. The molecule has 0 spiro atoms. The van der Waals surface area contributed by atoms with Gasteiger partial charge in [0.2, 0.25) is 10.1 Å². The third kappa shape index (κ3) is 1.64. The van der Waals surface area contributed by atoms with Gasteiger partial charge in [0.05, 0.1) is 11.9 Å². The monoisotopic (exact) mass is 264 g/mol. The molecule has 1 aliphatic rings. The van der Waals surface area contributed by atoms with Gasteiger partial charge < -0.3 is 4.90 Å². The van der Waals surface area contributed by atoms with Gasteiger partial charge in [-0.2, -0.15) is 0 Å². The van der Waals surface area contributed by atoms with E-state index in [0.29, 0.717) is 17.4 Å². The molecule has 0 radical (unpaired) electrons. The summed E-state index contributed by atoms with van der Waals surface area (Å²) in [5, 5.41) is 5.76. The van der Waals surface area contributed by atoms with Gasteiger partial charge in [0, 0.05) is 18.0 Å². The molecule has 0 bridgehead atoms. The number of aromatic nitrogens is 3. The van der Waals surface area contributed by atoms with Crippen LogP contribution in [0.3, 0.4) is 0 Å². The lowest BCUT2D eigenvalue weighted by Gasteiger charge is -2.56. The zero-order valence-corrected chi connectivity index (χ0v) is 12.5. The molecule has 4 nitrogen and oxygen atoms in total. The summed E-state index contributed by atoms with van der Waals surface area (Å²) >= 11 is 1.69. The third-order valence-electron chi connectivity index (χ3n) is 3.74. The summed E-state index contributed by atoms with van der Waals surface area (Å²) in [7, 11) is 0. The lowest BCUT2D eigenvalue weighted by atomic mass is 9.70. The summed E-state index contributed by atoms with van der Waals surface area (Å²) in [6.45, 7) is 12.4. The van der Waals surface area contributed by atoms with Crippen LogP contribution in [0.4, 0.5) is 5.13 Å². The van der Waals surface area contributed by atoms with E-state index in [1.807, 2.05) is 17.6 Å². The fraction of sp³-hybridized carbons (Fsp3) is 0.692. The highest BCUT2D eigenvalue weighted by molar-refractivity contribution is 7.20. The molecule has 1 saturated heterocycles. The minimum absolute atomic E-state index is 0.387. The van der Waals surface area contributed by atoms with Crippen molar-refractivity contribution in [3.05, 3.63) is 11.9 Å². The molecule has 0 amide bonds. The van der Waals surface area contributed by atoms with Gasteiger partial charge in [-0.1, -0.05) is 39.0 Å². The lowest BCUT2D eigenvalue weighted by molar-refractivity contribution is 0.135. The minimum atomic E-state index is 0.387. The molecule has 0 N–H and O–H groups in total. The quantitative estimate of drug-likeness (QED) is 0.836. The number of rotatable bonds is 2. The number of fused-ring (bicyclic) bond motifs is 1. The Hall–Kier alpha value is -1.10. The fourth-order valence-corrected chi connectivity index (χ4v) is 4.27. The molecule has 0 aromatic carbocycles. The van der Waals surface area contributed by atoms with Crippen LogP contribution < -0.4 is 4.90 Å². The normalized spacial score (nSPS) is 22.8. The number of nitrogens with zero attached hydrogens (tertiary/aromatic N) is 4. The molecule has 2 aromatic heterocycles. The van der Waals surface area contributed by atoms with Crippen molar-refractivity contribution in [1.82, 2.24) is 14.6 Å². The molecule has 3 rings (SSSR count). The minimum Gasteiger partial charge on any atom is -0.342 e. The summed E-state index contributed by atoms with van der Waals surface area (Å²) < 4.78 is 1.90. The van der Waals surface area contributed by atoms with Crippen LogP contribution in [0, 0.1) is 18.3 Å². The van der Waals surface area contributed by atoms with Crippen molar-refractivity contribution in [2.75, 3.05) is 11.4 Å². The second-order valence-corrected chi connectivity index (χ2v) is 7.23. The average Bonchev–Trinajstić information content (AvgIpc) is 2.69. The molecule has 2 aromatic rings. The van der Waals surface area contributed by atoms with Crippen LogP contribution in [0.25, 0.3) is 4.96 Å². The average molecular weight is 264 g/mol. The number of imidazole rings is 1. The van der Waals surface area contributed by atoms with Crippen molar-refractivity contribution >= 4 is 21.4 Å². The van der Waals surface area contributed by atoms with Crippen molar-refractivity contribution in [3.63, 3.8) is 0 Å². The molecule has 1 aliphatic heterocycles. The highest BCUT2D eigenvalue weighted by atomic mass is 32.1. The second kappa shape index (κ2) is 3.70. The molecular weight excluding hydrogens is 244 g/mol. The van der Waals surface area contributed by atoms with E-state index in [9.17, 15) is 0 Å². The first-order valence-electron chi connectivity index (χ1n) is 6.48. The van der Waals surface area contributed by atoms with Crippen molar-refractivity contribution < 1.29 is 0 Å². The van der Waals surface area contributed by atoms with Gasteiger partial charge in [-0.15, -0.1) is 5.10 Å². The maximum absolute atomic E-state index is 4.65. The highest BCUT2D eigenvalue weighted by Gasteiger charge is 2.48. The van der Waals surface area contributed by atoms with E-state index in [-0.39, 0.29) is 0 Å². The van der Waals surface area contributed by atoms with Crippen molar-refractivity contribution in [1.29, 1.82) is 0 Å². The molecule has 18 heavy (non-hydrogen) atoms. The van der Waals surface area contributed by atoms with Gasteiger partial charge in [0.25, 0.3) is 0 Å². The molecule has 0 unspecified atom stereocenters. The van der Waals surface area contributed by atoms with Gasteiger partial charge in [-0.25, -0.2) is 9.50 Å². The molecule has 3 heterocycles. The Morgan fingerprint density at radius 1 is 1.44 bits per heavy atom. The summed E-state index contributed by atoms with van der Waals surface area (Å²) in [5.74, 6) is 0.645. The Bertz CT molecular complexity index is 549. The van der Waals surface area contributed by atoms with Crippen molar-refractivity contribution in [2.24, 2.45) is 11.3 Å². The van der Waals surface area contributed by atoms with Crippen LogP contribution in [-0.4, -0.2) is 27.2 Å². The fourth-order valence-electron chi connectivity index (χ4n) is 3.30. The van der Waals surface area contributed by atoms with E-state index in [4.69, 9.17) is 0 Å². The first-order chi connectivity index (χ1) is 8.38. The van der Waals surface area contributed by atoms with E-state index in [1.165, 1.54) is 0 Å². The van der Waals surface area contributed by atoms with Crippen LogP contribution in [0.2, 0.25) is 0 Å². The molecule has 0 saturated carbocycles. The zero-order chi connectivity index (χ0) is 13.1. The number of hydrogen-bond donors (Lipinski definition) is 0. The molecule has 0 aliphatic carbocycles. The van der Waals surface area contributed by atoms with Gasteiger partial charge in [-0.05, 0) is 12.8 Å². The molecule has 1 atom stereocenters. The highest BCUT2D eigenvalue weighted by Crippen LogP contribution is 2.44. The Morgan fingerprint density at radius 2 is 2.17 bits per heavy atom. The van der Waals surface area contributed by atoms with Gasteiger partial charge in [0.1, 0.15) is 0 Å². The van der Waals surface area contributed by atoms with E-state index in [2.05, 4.69) is 42.7 Å². The van der Waals surface area contributed by atoms with Gasteiger partial charge >= 0.3 is 0 Å². The number of aryl methyl sites for hydroxylation is 1. The molecular formula is C13H20N4S. The van der Waals surface area contributed by atoms with Crippen molar-refractivity contribution in [3.8, 4) is 0 Å². The maximum Gasteiger partial charge on any atom is 0.214 e. The van der Waals surface area contributed by atoms with Crippen molar-refractivity contribution in [2.45, 2.75) is 40.7 Å². The first kappa shape index (κ1) is 12.0. The summed E-state index contributed by atoms with van der Waals surface area (Å²) in [4.78, 5) is 7.90. The number of hydrogen-bond acceptors (Lipinski definition) is 4. The summed E-state index contributed by atoms with van der Waals surface area (Å²) in [5.41, 5.74) is 1.42. The smallest absolute Gasteiger partial charge is 0.214 e. The standard InChI is InChI=1S/C13H20N4S/c1-8(2)10-13(4,5)7-16(10)12-15-17-6-9(3)14-11(17)18-12/h6,8,10H,7H2,1-5H3/t10-/m1/s1. The summed E-state index contributed by atoms with van der Waals surface area (Å²) in [6, 6.07) is 0.578. The van der Waals surface area contributed by atoms with Crippen LogP contribution in [-0.2, 0) is 0 Å². The first-order valence-corrected chi connectivity index (χ1v) is 7.29. The van der Waals surface area contributed by atoms with Crippen LogP contribution >= 0.6 is 11.3 Å². The lowest BCUT2D eigenvalue weighted by Crippen LogP contribution is -2.64. The SMILES string of the molecule is Cc1cn2nc(N3CC(C)(C)[C@H]3C(C)C)sc2n1. The Kier molecular flexibility index (Phi) is 2.46. The Balaban J connectivity index is 1.93. The Morgan fingerprint density at radius 3 is 2.72 bits per heavy atom. The molecule has 98 valence electrons. The Labute approximate surface area is 112 Å². The maximum atomic E-state index is 4.65. The van der Waals surface area contributed by atoms with E-state index in [0.717, 1.165) is 22.3 Å². The zero-order valence-electron chi connectivity index (χ0n) is 11.6. The molecule has 5 heteroatoms. The second-order valence-electron chi connectivity index (χ2n) is 6.30. The molecule has 1 fully saturated rings. The number of anilines is 1.